The first-order chi connectivity index (χ1) is 19.6. The summed E-state index contributed by atoms with van der Waals surface area (Å²) in [6.07, 6.45) is 9.50. The minimum Gasteiger partial charge on any atom is -0.444 e. The average Bonchev–Trinajstić information content (AvgIpc) is 2.94. The van der Waals surface area contributed by atoms with Gasteiger partial charge in [-0.05, 0) is 77.8 Å². The van der Waals surface area contributed by atoms with Crippen molar-refractivity contribution in [3.8, 4) is 11.3 Å². The molecule has 11 nitrogen and oxygen atoms in total. The van der Waals surface area contributed by atoms with Crippen LogP contribution in [0.15, 0.2) is 24.5 Å². The molecule has 2 aliphatic rings. The van der Waals surface area contributed by atoms with E-state index in [-0.39, 0.29) is 30.2 Å². The molecule has 1 saturated carbocycles. The van der Waals surface area contributed by atoms with E-state index < -0.39 is 5.60 Å². The SMILES string of the molecule is CCCCNc1ncc(-c2ccc(C(=O)NC3CCN(C(=O)OC(C)(C)C)CC3)cn2)c(N[C@H]2CC[C@H](O)CC2)n1. The monoisotopic (exact) mass is 567 g/mol. The minimum absolute atomic E-state index is 0.0215. The number of hydrogen-bond donors (Lipinski definition) is 4. The van der Waals surface area contributed by atoms with Crippen LogP contribution in [0.4, 0.5) is 16.6 Å². The average molecular weight is 568 g/mol. The number of pyridine rings is 1. The zero-order valence-corrected chi connectivity index (χ0v) is 24.8. The number of carbonyl (C=O) groups is 2. The zero-order valence-electron chi connectivity index (χ0n) is 24.8. The Morgan fingerprint density at radius 2 is 1.76 bits per heavy atom. The van der Waals surface area contributed by atoms with Crippen LogP contribution in [0.5, 0.6) is 0 Å². The van der Waals surface area contributed by atoms with Gasteiger partial charge in [0.25, 0.3) is 5.91 Å². The van der Waals surface area contributed by atoms with Gasteiger partial charge >= 0.3 is 6.09 Å². The number of unbranched alkanes of at least 4 members (excludes halogenated alkanes) is 1. The number of nitrogens with one attached hydrogen (secondary N) is 3. The zero-order chi connectivity index (χ0) is 29.4. The molecule has 0 bridgehead atoms. The van der Waals surface area contributed by atoms with Gasteiger partial charge in [-0.3, -0.25) is 9.78 Å². The van der Waals surface area contributed by atoms with E-state index in [4.69, 9.17) is 9.72 Å². The molecule has 0 atom stereocenters. The number of nitrogens with zero attached hydrogens (tertiary/aromatic N) is 4. The van der Waals surface area contributed by atoms with Gasteiger partial charge in [-0.15, -0.1) is 0 Å². The summed E-state index contributed by atoms with van der Waals surface area (Å²) in [5.74, 6) is 1.07. The summed E-state index contributed by atoms with van der Waals surface area (Å²) in [7, 11) is 0. The third kappa shape index (κ3) is 9.01. The highest BCUT2D eigenvalue weighted by Gasteiger charge is 2.28. The summed E-state index contributed by atoms with van der Waals surface area (Å²) < 4.78 is 5.46. The van der Waals surface area contributed by atoms with E-state index in [1.165, 1.54) is 0 Å². The topological polar surface area (TPSA) is 142 Å². The van der Waals surface area contributed by atoms with Crippen molar-refractivity contribution in [2.24, 2.45) is 0 Å². The lowest BCUT2D eigenvalue weighted by Gasteiger charge is -2.33. The Bertz CT molecular complexity index is 1150. The molecule has 0 spiro atoms. The fourth-order valence-corrected chi connectivity index (χ4v) is 5.04. The van der Waals surface area contributed by atoms with Crippen LogP contribution in [-0.4, -0.2) is 80.4 Å². The quantitative estimate of drug-likeness (QED) is 0.320. The van der Waals surface area contributed by atoms with Gasteiger partial charge in [0.2, 0.25) is 5.95 Å². The minimum atomic E-state index is -0.530. The van der Waals surface area contributed by atoms with Gasteiger partial charge in [0.15, 0.2) is 0 Å². The van der Waals surface area contributed by atoms with E-state index in [2.05, 4.69) is 32.8 Å². The number of anilines is 2. The number of likely N-dealkylation sites (tertiary alicyclic amines) is 1. The molecular formula is C30H45N7O4. The number of amides is 2. The standard InChI is InChI=1S/C30H45N7O4/c1-5-6-15-31-28-33-19-24(26(36-28)34-21-8-10-23(38)11-9-21)25-12-7-20(18-32-25)27(39)35-22-13-16-37(17-14-22)29(40)41-30(2,3)4/h7,12,18-19,21-23,38H,5-6,8-11,13-17H2,1-4H3,(H,35,39)(H2,31,33,34,36)/t21-,23-. The van der Waals surface area contributed by atoms with Gasteiger partial charge in [0, 0.05) is 44.1 Å². The van der Waals surface area contributed by atoms with Crippen LogP contribution < -0.4 is 16.0 Å². The molecule has 1 aliphatic heterocycles. The Balaban J connectivity index is 1.39. The number of hydrogen-bond acceptors (Lipinski definition) is 9. The first-order valence-corrected chi connectivity index (χ1v) is 14.9. The van der Waals surface area contributed by atoms with Crippen LogP contribution >= 0.6 is 0 Å². The molecule has 41 heavy (non-hydrogen) atoms. The van der Waals surface area contributed by atoms with E-state index in [0.717, 1.165) is 50.6 Å². The van der Waals surface area contributed by atoms with Crippen molar-refractivity contribution < 1.29 is 19.4 Å². The Hall–Kier alpha value is -3.47. The molecular weight excluding hydrogens is 522 g/mol. The fraction of sp³-hybridized carbons (Fsp3) is 0.633. The van der Waals surface area contributed by atoms with E-state index in [9.17, 15) is 14.7 Å². The number of piperidine rings is 1. The lowest BCUT2D eigenvalue weighted by molar-refractivity contribution is 0.0199. The van der Waals surface area contributed by atoms with Gasteiger partial charge in [0.1, 0.15) is 11.4 Å². The number of rotatable bonds is 9. The van der Waals surface area contributed by atoms with Crippen molar-refractivity contribution in [1.29, 1.82) is 0 Å². The second-order valence-electron chi connectivity index (χ2n) is 12.0. The molecule has 1 saturated heterocycles. The molecule has 0 aromatic carbocycles. The van der Waals surface area contributed by atoms with Gasteiger partial charge in [-0.25, -0.2) is 9.78 Å². The Morgan fingerprint density at radius 3 is 2.39 bits per heavy atom. The smallest absolute Gasteiger partial charge is 0.410 e. The maximum absolute atomic E-state index is 13.0. The molecule has 4 N–H and O–H groups in total. The van der Waals surface area contributed by atoms with Crippen LogP contribution in [0.25, 0.3) is 11.3 Å². The van der Waals surface area contributed by atoms with Crippen molar-refractivity contribution in [3.05, 3.63) is 30.1 Å². The van der Waals surface area contributed by atoms with Crippen LogP contribution in [0.3, 0.4) is 0 Å². The van der Waals surface area contributed by atoms with E-state index in [1.54, 1.807) is 23.4 Å². The predicted molar refractivity (Wildman–Crippen MR) is 159 cm³/mol. The van der Waals surface area contributed by atoms with E-state index in [0.29, 0.717) is 49.0 Å². The van der Waals surface area contributed by atoms with Gasteiger partial charge in [-0.2, -0.15) is 4.98 Å². The molecule has 0 unspecified atom stereocenters. The van der Waals surface area contributed by atoms with Crippen LogP contribution in [0, 0.1) is 0 Å². The number of carbonyl (C=O) groups excluding carboxylic acids is 2. The molecule has 2 amide bonds. The summed E-state index contributed by atoms with van der Waals surface area (Å²) >= 11 is 0. The summed E-state index contributed by atoms with van der Waals surface area (Å²) in [6.45, 7) is 9.57. The molecule has 1 aliphatic carbocycles. The second kappa shape index (κ2) is 13.9. The fourth-order valence-electron chi connectivity index (χ4n) is 5.04. The van der Waals surface area contributed by atoms with Crippen LogP contribution in [0.2, 0.25) is 0 Å². The molecule has 224 valence electrons. The molecule has 2 fully saturated rings. The first-order valence-electron chi connectivity index (χ1n) is 14.9. The maximum atomic E-state index is 13.0. The normalized spacial score (nSPS) is 19.9. The third-order valence-electron chi connectivity index (χ3n) is 7.42. The predicted octanol–water partition coefficient (Wildman–Crippen LogP) is 4.60. The Labute approximate surface area is 242 Å². The summed E-state index contributed by atoms with van der Waals surface area (Å²) in [5, 5.41) is 19.8. The number of ether oxygens (including phenoxy) is 1. The molecule has 4 rings (SSSR count). The highest BCUT2D eigenvalue weighted by Crippen LogP contribution is 2.29. The molecule has 3 heterocycles. The highest BCUT2D eigenvalue weighted by molar-refractivity contribution is 5.94. The van der Waals surface area contributed by atoms with Gasteiger partial charge < -0.3 is 30.7 Å². The first kappa shape index (κ1) is 30.5. The lowest BCUT2D eigenvalue weighted by atomic mass is 9.93. The van der Waals surface area contributed by atoms with Gasteiger partial charge in [0.05, 0.1) is 22.9 Å². The van der Waals surface area contributed by atoms with Crippen LogP contribution in [0.1, 0.15) is 89.4 Å². The lowest BCUT2D eigenvalue weighted by Crippen LogP contribution is -2.47. The van der Waals surface area contributed by atoms with Crippen LogP contribution in [-0.2, 0) is 4.74 Å². The molecule has 2 aromatic heterocycles. The Morgan fingerprint density at radius 1 is 1.02 bits per heavy atom. The van der Waals surface area contributed by atoms with Crippen molar-refractivity contribution in [1.82, 2.24) is 25.2 Å². The highest BCUT2D eigenvalue weighted by atomic mass is 16.6. The molecule has 11 heteroatoms. The molecule has 0 radical (unpaired) electrons. The van der Waals surface area contributed by atoms with Crippen molar-refractivity contribution >= 4 is 23.8 Å². The van der Waals surface area contributed by atoms with Crippen molar-refractivity contribution in [2.75, 3.05) is 30.3 Å². The molecule has 2 aromatic rings. The van der Waals surface area contributed by atoms with E-state index >= 15 is 0 Å². The maximum Gasteiger partial charge on any atom is 0.410 e. The van der Waals surface area contributed by atoms with Crippen molar-refractivity contribution in [2.45, 2.75) is 103 Å². The van der Waals surface area contributed by atoms with E-state index in [1.807, 2.05) is 26.8 Å². The van der Waals surface area contributed by atoms with Crippen molar-refractivity contribution in [3.63, 3.8) is 0 Å². The van der Waals surface area contributed by atoms with Gasteiger partial charge in [-0.1, -0.05) is 13.3 Å². The third-order valence-corrected chi connectivity index (χ3v) is 7.42. The summed E-state index contributed by atoms with van der Waals surface area (Å²) in [5.41, 5.74) is 1.37. The Kier molecular flexibility index (Phi) is 10.4. The largest absolute Gasteiger partial charge is 0.444 e. The number of aromatic nitrogens is 3. The summed E-state index contributed by atoms with van der Waals surface area (Å²) in [6, 6.07) is 3.77. The second-order valence-corrected chi connectivity index (χ2v) is 12.0. The number of aliphatic hydroxyl groups excluding tert-OH is 1. The number of aliphatic hydroxyl groups is 1. The summed E-state index contributed by atoms with van der Waals surface area (Å²) in [4.78, 5) is 40.8.